The summed E-state index contributed by atoms with van der Waals surface area (Å²) in [6, 6.07) is 10.8. The van der Waals surface area contributed by atoms with Crippen LogP contribution in [0.5, 0.6) is 0 Å². The highest BCUT2D eigenvalue weighted by atomic mass is 14.7. The zero-order valence-corrected chi connectivity index (χ0v) is 10.1. The van der Waals surface area contributed by atoms with E-state index in [1.165, 1.54) is 31.2 Å². The van der Waals surface area contributed by atoms with E-state index in [1.807, 2.05) is 6.92 Å². The van der Waals surface area contributed by atoms with Crippen LogP contribution in [0.3, 0.4) is 0 Å². The summed E-state index contributed by atoms with van der Waals surface area (Å²) >= 11 is 0. The van der Waals surface area contributed by atoms with E-state index in [9.17, 15) is 0 Å². The Morgan fingerprint density at radius 3 is 2.31 bits per heavy atom. The molecule has 1 heteroatoms. The molecular weight excluding hydrogens is 194 g/mol. The Bertz CT molecular complexity index is 360. The Hall–Kier alpha value is -1.08. The molecule has 1 fully saturated rings. The third kappa shape index (κ3) is 1.80. The number of nitrogens with two attached hydrogens (primary N) is 1. The molecule has 1 aliphatic rings. The second kappa shape index (κ2) is 4.42. The molecule has 1 aromatic carbocycles. The van der Waals surface area contributed by atoms with Crippen LogP contribution < -0.4 is 5.73 Å². The van der Waals surface area contributed by atoms with Gasteiger partial charge in [-0.3, -0.25) is 0 Å². The number of hydrogen-bond acceptors (Lipinski definition) is 1. The summed E-state index contributed by atoms with van der Waals surface area (Å²) in [6.45, 7) is 6.09. The van der Waals surface area contributed by atoms with E-state index in [-0.39, 0.29) is 11.5 Å². The van der Waals surface area contributed by atoms with Crippen LogP contribution in [0.1, 0.15) is 38.2 Å². The first kappa shape index (κ1) is 11.4. The van der Waals surface area contributed by atoms with Crippen molar-refractivity contribution in [2.75, 3.05) is 0 Å². The van der Waals surface area contributed by atoms with Gasteiger partial charge in [-0.15, -0.1) is 0 Å². The second-order valence-electron chi connectivity index (χ2n) is 5.05. The molecule has 0 radical (unpaired) electrons. The van der Waals surface area contributed by atoms with Gasteiger partial charge in [-0.2, -0.15) is 0 Å². The van der Waals surface area contributed by atoms with Gasteiger partial charge in [0.05, 0.1) is 0 Å². The van der Waals surface area contributed by atoms with E-state index in [0.717, 1.165) is 5.57 Å². The summed E-state index contributed by atoms with van der Waals surface area (Å²) in [4.78, 5) is 0. The Balaban J connectivity index is 2.40. The molecule has 16 heavy (non-hydrogen) atoms. The maximum absolute atomic E-state index is 6.39. The van der Waals surface area contributed by atoms with E-state index in [2.05, 4.69) is 36.9 Å². The smallest absolute Gasteiger partial charge is 0.0346 e. The average Bonchev–Trinajstić information content (AvgIpc) is 2.79. The van der Waals surface area contributed by atoms with Crippen molar-refractivity contribution >= 4 is 0 Å². The minimum atomic E-state index is 0.0948. The van der Waals surface area contributed by atoms with E-state index >= 15 is 0 Å². The summed E-state index contributed by atoms with van der Waals surface area (Å²) in [7, 11) is 0. The topological polar surface area (TPSA) is 26.0 Å². The Morgan fingerprint density at radius 1 is 1.25 bits per heavy atom. The van der Waals surface area contributed by atoms with E-state index in [4.69, 9.17) is 5.73 Å². The number of rotatable bonds is 3. The van der Waals surface area contributed by atoms with Crippen LogP contribution in [0.4, 0.5) is 0 Å². The van der Waals surface area contributed by atoms with Gasteiger partial charge in [0.25, 0.3) is 0 Å². The monoisotopic (exact) mass is 215 g/mol. The van der Waals surface area contributed by atoms with Crippen LogP contribution in [0.25, 0.3) is 0 Å². The first-order valence-corrected chi connectivity index (χ1v) is 6.13. The fraction of sp³-hybridized carbons (Fsp3) is 0.467. The second-order valence-corrected chi connectivity index (χ2v) is 5.05. The van der Waals surface area contributed by atoms with Gasteiger partial charge >= 0.3 is 0 Å². The molecule has 0 heterocycles. The van der Waals surface area contributed by atoms with Gasteiger partial charge in [0.2, 0.25) is 0 Å². The van der Waals surface area contributed by atoms with Crippen molar-refractivity contribution in [2.24, 2.45) is 5.73 Å². The van der Waals surface area contributed by atoms with Crippen molar-refractivity contribution in [1.82, 2.24) is 0 Å². The third-order valence-corrected chi connectivity index (χ3v) is 3.97. The standard InChI is InChI=1S/C15H21N/c1-12(2)14(16)15(10-6-7-11-15)13-8-4-3-5-9-13/h3-5,8-9,14H,1,6-7,10-11,16H2,2H3. The molecule has 2 rings (SSSR count). The highest BCUT2D eigenvalue weighted by Gasteiger charge is 2.41. The van der Waals surface area contributed by atoms with Crippen LogP contribution in [0, 0.1) is 0 Å². The van der Waals surface area contributed by atoms with Crippen LogP contribution in [-0.2, 0) is 5.41 Å². The quantitative estimate of drug-likeness (QED) is 0.768. The van der Waals surface area contributed by atoms with Crippen LogP contribution >= 0.6 is 0 Å². The van der Waals surface area contributed by atoms with Crippen molar-refractivity contribution in [3.8, 4) is 0 Å². The molecule has 0 bridgehead atoms. The summed E-state index contributed by atoms with van der Waals surface area (Å²) in [6.07, 6.45) is 4.97. The van der Waals surface area contributed by atoms with Crippen molar-refractivity contribution in [3.63, 3.8) is 0 Å². The normalized spacial score (nSPS) is 20.6. The maximum Gasteiger partial charge on any atom is 0.0346 e. The molecule has 1 atom stereocenters. The highest BCUT2D eigenvalue weighted by molar-refractivity contribution is 5.32. The van der Waals surface area contributed by atoms with Gasteiger partial charge in [0.15, 0.2) is 0 Å². The van der Waals surface area contributed by atoms with E-state index < -0.39 is 0 Å². The molecule has 1 unspecified atom stereocenters. The van der Waals surface area contributed by atoms with Gasteiger partial charge in [-0.1, -0.05) is 55.3 Å². The zero-order chi connectivity index (χ0) is 11.6. The van der Waals surface area contributed by atoms with Gasteiger partial charge in [-0.05, 0) is 25.3 Å². The molecule has 1 aromatic rings. The largest absolute Gasteiger partial charge is 0.323 e. The molecule has 0 amide bonds. The highest BCUT2D eigenvalue weighted by Crippen LogP contribution is 2.44. The molecule has 0 spiro atoms. The molecule has 1 nitrogen and oxygen atoms in total. The lowest BCUT2D eigenvalue weighted by Gasteiger charge is -2.36. The SMILES string of the molecule is C=C(C)C(N)C1(c2ccccc2)CCCC1. The molecular formula is C15H21N. The van der Waals surface area contributed by atoms with E-state index in [1.54, 1.807) is 0 Å². The molecule has 86 valence electrons. The summed E-state index contributed by atoms with van der Waals surface area (Å²) in [5.41, 5.74) is 9.03. The van der Waals surface area contributed by atoms with Crippen molar-refractivity contribution < 1.29 is 0 Å². The van der Waals surface area contributed by atoms with Crippen LogP contribution in [-0.4, -0.2) is 6.04 Å². The molecule has 0 aliphatic heterocycles. The Labute approximate surface area is 98.4 Å². The predicted octanol–water partition coefficient (Wildman–Crippen LogP) is 3.40. The average molecular weight is 215 g/mol. The van der Waals surface area contributed by atoms with Gasteiger partial charge in [0.1, 0.15) is 0 Å². The van der Waals surface area contributed by atoms with Crippen LogP contribution in [0.15, 0.2) is 42.5 Å². The lowest BCUT2D eigenvalue weighted by atomic mass is 9.71. The zero-order valence-electron chi connectivity index (χ0n) is 10.1. The van der Waals surface area contributed by atoms with Crippen molar-refractivity contribution in [2.45, 2.75) is 44.1 Å². The molecule has 1 saturated carbocycles. The fourth-order valence-electron chi connectivity index (χ4n) is 3.03. The molecule has 1 aliphatic carbocycles. The van der Waals surface area contributed by atoms with Gasteiger partial charge < -0.3 is 5.73 Å². The molecule has 0 saturated heterocycles. The molecule has 0 aromatic heterocycles. The first-order valence-electron chi connectivity index (χ1n) is 6.13. The van der Waals surface area contributed by atoms with Crippen molar-refractivity contribution in [3.05, 3.63) is 48.0 Å². The predicted molar refractivity (Wildman–Crippen MR) is 69.4 cm³/mol. The fourth-order valence-corrected chi connectivity index (χ4v) is 3.03. The number of benzene rings is 1. The minimum absolute atomic E-state index is 0.0948. The number of hydrogen-bond donors (Lipinski definition) is 1. The lowest BCUT2D eigenvalue weighted by molar-refractivity contribution is 0.382. The maximum atomic E-state index is 6.39. The minimum Gasteiger partial charge on any atom is -0.323 e. The van der Waals surface area contributed by atoms with E-state index in [0.29, 0.717) is 0 Å². The van der Waals surface area contributed by atoms with Gasteiger partial charge in [0, 0.05) is 11.5 Å². The summed E-state index contributed by atoms with van der Waals surface area (Å²) < 4.78 is 0. The summed E-state index contributed by atoms with van der Waals surface area (Å²) in [5.74, 6) is 0. The van der Waals surface area contributed by atoms with Gasteiger partial charge in [-0.25, -0.2) is 0 Å². The first-order chi connectivity index (χ1) is 7.67. The Morgan fingerprint density at radius 2 is 1.81 bits per heavy atom. The lowest BCUT2D eigenvalue weighted by Crippen LogP contribution is -2.44. The third-order valence-electron chi connectivity index (χ3n) is 3.97. The Kier molecular flexibility index (Phi) is 3.15. The molecule has 2 N–H and O–H groups in total. The van der Waals surface area contributed by atoms with Crippen LogP contribution in [0.2, 0.25) is 0 Å². The van der Waals surface area contributed by atoms with Crippen molar-refractivity contribution in [1.29, 1.82) is 0 Å². The summed E-state index contributed by atoms with van der Waals surface area (Å²) in [5, 5.41) is 0.